The Hall–Kier alpha value is -0.120. The fourth-order valence-corrected chi connectivity index (χ4v) is 1.79. The van der Waals surface area contributed by atoms with Crippen molar-refractivity contribution in [1.29, 1.82) is 0 Å². The van der Waals surface area contributed by atoms with Gasteiger partial charge in [-0.25, -0.2) is 0 Å². The number of ether oxygens (including phenoxy) is 2. The van der Waals surface area contributed by atoms with E-state index >= 15 is 0 Å². The Labute approximate surface area is 73.7 Å². The summed E-state index contributed by atoms with van der Waals surface area (Å²) < 4.78 is 10.8. The van der Waals surface area contributed by atoms with E-state index in [1.54, 1.807) is 7.11 Å². The van der Waals surface area contributed by atoms with Crippen molar-refractivity contribution in [2.75, 3.05) is 20.3 Å². The van der Waals surface area contributed by atoms with Crippen LogP contribution in [0.2, 0.25) is 0 Å². The molecule has 0 saturated carbocycles. The highest BCUT2D eigenvalue weighted by atomic mass is 16.5. The van der Waals surface area contributed by atoms with Crippen molar-refractivity contribution in [1.82, 2.24) is 0 Å². The molecule has 0 aromatic rings. The summed E-state index contributed by atoms with van der Waals surface area (Å²) in [6.45, 7) is 4.95. The summed E-state index contributed by atoms with van der Waals surface area (Å²) in [5, 5.41) is 8.95. The molecule has 0 aliphatic carbocycles. The van der Waals surface area contributed by atoms with Gasteiger partial charge in [0.05, 0.1) is 18.8 Å². The average Bonchev–Trinajstić information content (AvgIpc) is 2.45. The quantitative estimate of drug-likeness (QED) is 0.683. The Bertz CT molecular complexity index is 138. The molecule has 1 saturated heterocycles. The van der Waals surface area contributed by atoms with Gasteiger partial charge in [0.25, 0.3) is 0 Å². The molecular weight excluding hydrogens is 156 g/mol. The van der Waals surface area contributed by atoms with E-state index in [0.29, 0.717) is 12.5 Å². The second-order valence-electron chi connectivity index (χ2n) is 3.59. The molecule has 1 N–H and O–H groups in total. The van der Waals surface area contributed by atoms with Gasteiger partial charge in [0.1, 0.15) is 0 Å². The largest absolute Gasteiger partial charge is 0.396 e. The van der Waals surface area contributed by atoms with Gasteiger partial charge in [-0.15, -0.1) is 0 Å². The molecule has 1 rings (SSSR count). The monoisotopic (exact) mass is 174 g/mol. The normalized spacial score (nSPS) is 38.5. The van der Waals surface area contributed by atoms with Gasteiger partial charge >= 0.3 is 0 Å². The predicted molar refractivity (Wildman–Crippen MR) is 46.0 cm³/mol. The molecule has 3 nitrogen and oxygen atoms in total. The van der Waals surface area contributed by atoms with Gasteiger partial charge < -0.3 is 14.6 Å². The Kier molecular flexibility index (Phi) is 3.50. The maximum atomic E-state index is 8.95. The van der Waals surface area contributed by atoms with Gasteiger partial charge in [0.15, 0.2) is 0 Å². The molecule has 0 bridgehead atoms. The van der Waals surface area contributed by atoms with E-state index in [-0.39, 0.29) is 24.7 Å². The van der Waals surface area contributed by atoms with Crippen LogP contribution in [0.1, 0.15) is 13.8 Å². The standard InChI is InChI=1S/C9H18O3/c1-6(4-10)9-7(2)8(11-3)5-12-9/h6-10H,4-5H2,1-3H3/t6-,7+,8+,9-/m1/s1. The third-order valence-corrected chi connectivity index (χ3v) is 2.71. The lowest BCUT2D eigenvalue weighted by Gasteiger charge is -2.21. The van der Waals surface area contributed by atoms with Gasteiger partial charge in [-0.05, 0) is 0 Å². The van der Waals surface area contributed by atoms with Crippen LogP contribution in [-0.4, -0.2) is 37.6 Å². The van der Waals surface area contributed by atoms with E-state index in [1.807, 2.05) is 6.92 Å². The molecule has 0 radical (unpaired) electrons. The zero-order chi connectivity index (χ0) is 9.14. The van der Waals surface area contributed by atoms with Crippen LogP contribution in [0.15, 0.2) is 0 Å². The van der Waals surface area contributed by atoms with E-state index in [2.05, 4.69) is 6.92 Å². The summed E-state index contributed by atoms with van der Waals surface area (Å²) in [5.74, 6) is 0.595. The molecule has 1 heterocycles. The molecule has 0 aromatic heterocycles. The van der Waals surface area contributed by atoms with Gasteiger partial charge in [0.2, 0.25) is 0 Å². The maximum Gasteiger partial charge on any atom is 0.0855 e. The molecule has 0 amide bonds. The number of methoxy groups -OCH3 is 1. The fourth-order valence-electron chi connectivity index (χ4n) is 1.79. The molecular formula is C9H18O3. The summed E-state index contributed by atoms with van der Waals surface area (Å²) in [4.78, 5) is 0. The number of hydrogen-bond donors (Lipinski definition) is 1. The van der Waals surface area contributed by atoms with Crippen LogP contribution >= 0.6 is 0 Å². The maximum absolute atomic E-state index is 8.95. The van der Waals surface area contributed by atoms with Gasteiger partial charge in [-0.2, -0.15) is 0 Å². The van der Waals surface area contributed by atoms with Crippen LogP contribution in [0.5, 0.6) is 0 Å². The minimum absolute atomic E-state index is 0.153. The van der Waals surface area contributed by atoms with Crippen molar-refractivity contribution in [3.63, 3.8) is 0 Å². The lowest BCUT2D eigenvalue weighted by Crippen LogP contribution is -2.29. The smallest absolute Gasteiger partial charge is 0.0855 e. The third-order valence-electron chi connectivity index (χ3n) is 2.71. The van der Waals surface area contributed by atoms with Crippen molar-refractivity contribution < 1.29 is 14.6 Å². The Balaban J connectivity index is 2.48. The molecule has 1 aliphatic heterocycles. The van der Waals surface area contributed by atoms with Gasteiger partial charge in [-0.3, -0.25) is 0 Å². The summed E-state index contributed by atoms with van der Waals surface area (Å²) in [6.07, 6.45) is 0.351. The summed E-state index contributed by atoms with van der Waals surface area (Å²) in [7, 11) is 1.70. The molecule has 3 heteroatoms. The Morgan fingerprint density at radius 2 is 2.33 bits per heavy atom. The highest BCUT2D eigenvalue weighted by Gasteiger charge is 2.36. The van der Waals surface area contributed by atoms with Crippen LogP contribution in [0.4, 0.5) is 0 Å². The lowest BCUT2D eigenvalue weighted by atomic mass is 9.92. The molecule has 0 spiro atoms. The van der Waals surface area contributed by atoms with Gasteiger partial charge in [-0.1, -0.05) is 13.8 Å². The third kappa shape index (κ3) is 1.79. The van der Waals surface area contributed by atoms with Crippen molar-refractivity contribution in [3.8, 4) is 0 Å². The molecule has 72 valence electrons. The first-order chi connectivity index (χ1) is 5.70. The zero-order valence-corrected chi connectivity index (χ0v) is 7.99. The number of aliphatic hydroxyl groups excluding tert-OH is 1. The Morgan fingerprint density at radius 3 is 2.75 bits per heavy atom. The van der Waals surface area contributed by atoms with E-state index in [4.69, 9.17) is 14.6 Å². The van der Waals surface area contributed by atoms with E-state index in [0.717, 1.165) is 0 Å². The predicted octanol–water partition coefficient (Wildman–Crippen LogP) is 0.665. The van der Waals surface area contributed by atoms with Crippen molar-refractivity contribution in [3.05, 3.63) is 0 Å². The molecule has 0 unspecified atom stereocenters. The van der Waals surface area contributed by atoms with Crippen molar-refractivity contribution in [2.24, 2.45) is 11.8 Å². The first-order valence-electron chi connectivity index (χ1n) is 4.46. The molecule has 12 heavy (non-hydrogen) atoms. The van der Waals surface area contributed by atoms with Crippen LogP contribution in [0.25, 0.3) is 0 Å². The summed E-state index contributed by atoms with van der Waals surface area (Å²) in [5.41, 5.74) is 0. The first-order valence-corrected chi connectivity index (χ1v) is 4.46. The minimum Gasteiger partial charge on any atom is -0.396 e. The van der Waals surface area contributed by atoms with Crippen LogP contribution in [0.3, 0.4) is 0 Å². The van der Waals surface area contributed by atoms with Gasteiger partial charge in [0, 0.05) is 25.6 Å². The minimum atomic E-state index is 0.153. The fraction of sp³-hybridized carbons (Fsp3) is 1.00. The summed E-state index contributed by atoms with van der Waals surface area (Å²) >= 11 is 0. The number of aliphatic hydroxyl groups is 1. The molecule has 1 aliphatic rings. The van der Waals surface area contributed by atoms with Crippen LogP contribution in [-0.2, 0) is 9.47 Å². The first kappa shape index (κ1) is 9.96. The zero-order valence-electron chi connectivity index (χ0n) is 7.99. The highest BCUT2D eigenvalue weighted by Crippen LogP contribution is 2.28. The SMILES string of the molecule is CO[C@H]1CO[C@H]([C@H](C)CO)[C@H]1C. The van der Waals surface area contributed by atoms with E-state index < -0.39 is 0 Å². The van der Waals surface area contributed by atoms with Crippen molar-refractivity contribution >= 4 is 0 Å². The van der Waals surface area contributed by atoms with E-state index in [1.165, 1.54) is 0 Å². The average molecular weight is 174 g/mol. The Morgan fingerprint density at radius 1 is 1.67 bits per heavy atom. The molecule has 4 atom stereocenters. The molecule has 0 aromatic carbocycles. The molecule has 1 fully saturated rings. The number of rotatable bonds is 3. The summed E-state index contributed by atoms with van der Waals surface area (Å²) in [6, 6.07) is 0. The highest BCUT2D eigenvalue weighted by molar-refractivity contribution is 4.84. The van der Waals surface area contributed by atoms with Crippen LogP contribution in [0, 0.1) is 11.8 Å². The topological polar surface area (TPSA) is 38.7 Å². The van der Waals surface area contributed by atoms with Crippen molar-refractivity contribution in [2.45, 2.75) is 26.1 Å². The number of hydrogen-bond acceptors (Lipinski definition) is 3. The van der Waals surface area contributed by atoms with E-state index in [9.17, 15) is 0 Å². The second kappa shape index (κ2) is 4.21. The second-order valence-corrected chi connectivity index (χ2v) is 3.59. The lowest BCUT2D eigenvalue weighted by molar-refractivity contribution is 0.0272. The van der Waals surface area contributed by atoms with Crippen LogP contribution < -0.4 is 0 Å².